The number of pyridine rings is 1. The van der Waals surface area contributed by atoms with E-state index in [0.29, 0.717) is 6.61 Å². The van der Waals surface area contributed by atoms with E-state index in [1.54, 1.807) is 0 Å². The van der Waals surface area contributed by atoms with E-state index in [1.807, 2.05) is 6.92 Å². The lowest BCUT2D eigenvalue weighted by atomic mass is 10.3. The third-order valence-corrected chi connectivity index (χ3v) is 3.13. The number of nitrogens with two attached hydrogens (primary N) is 1. The van der Waals surface area contributed by atoms with Gasteiger partial charge in [-0.3, -0.25) is 0 Å². The third kappa shape index (κ3) is 4.11. The van der Waals surface area contributed by atoms with E-state index >= 15 is 0 Å². The first-order valence-electron chi connectivity index (χ1n) is 6.01. The molecule has 1 rings (SSSR count). The van der Waals surface area contributed by atoms with Gasteiger partial charge in [0.15, 0.2) is 6.10 Å². The molecule has 0 amide bonds. The minimum absolute atomic E-state index is 0.149. The average molecular weight is 325 g/mol. The van der Waals surface area contributed by atoms with Gasteiger partial charge in [0.05, 0.1) is 12.3 Å². The average Bonchev–Trinajstić information content (AvgIpc) is 2.42. The summed E-state index contributed by atoms with van der Waals surface area (Å²) in [6.45, 7) is 3.70. The minimum atomic E-state index is -1.02. The monoisotopic (exact) mass is 324 g/mol. The van der Waals surface area contributed by atoms with Crippen LogP contribution in [-0.2, 0) is 9.53 Å². The van der Waals surface area contributed by atoms with Gasteiger partial charge in [-0.05, 0) is 13.3 Å². The number of unbranched alkanes of at least 4 members (excludes halogenated alkanes) is 1. The lowest BCUT2D eigenvalue weighted by Gasteiger charge is -2.15. The molecule has 1 heterocycles. The lowest BCUT2D eigenvalue weighted by molar-refractivity contribution is -0.151. The number of aromatic nitrogens is 1. The maximum Gasteiger partial charge on any atom is 0.347 e. The molecule has 5 nitrogen and oxygen atoms in total. The fourth-order valence-corrected chi connectivity index (χ4v) is 1.60. The van der Waals surface area contributed by atoms with Crippen LogP contribution in [0.2, 0.25) is 10.0 Å². The van der Waals surface area contributed by atoms with E-state index in [-0.39, 0.29) is 21.6 Å². The van der Waals surface area contributed by atoms with Crippen molar-refractivity contribution in [2.75, 3.05) is 12.3 Å². The van der Waals surface area contributed by atoms with Crippen molar-refractivity contribution in [3.8, 4) is 5.88 Å². The Balaban J connectivity index is 2.76. The Labute approximate surface area is 126 Å². The number of hydrogen-bond acceptors (Lipinski definition) is 5. The number of halogens is 3. The summed E-state index contributed by atoms with van der Waals surface area (Å²) < 4.78 is 23.5. The van der Waals surface area contributed by atoms with Crippen molar-refractivity contribution in [1.29, 1.82) is 0 Å². The number of carbonyl (C=O) groups is 1. The molecule has 0 aliphatic rings. The van der Waals surface area contributed by atoms with Gasteiger partial charge in [-0.25, -0.2) is 4.79 Å². The van der Waals surface area contributed by atoms with Crippen molar-refractivity contribution in [1.82, 2.24) is 4.98 Å². The first-order chi connectivity index (χ1) is 9.38. The molecule has 112 valence electrons. The molecule has 8 heteroatoms. The van der Waals surface area contributed by atoms with Gasteiger partial charge in [0.2, 0.25) is 11.8 Å². The minimum Gasteiger partial charge on any atom is -0.463 e. The largest absolute Gasteiger partial charge is 0.463 e. The molecule has 0 saturated heterocycles. The molecule has 0 spiro atoms. The summed E-state index contributed by atoms with van der Waals surface area (Å²) in [6.07, 6.45) is 0.659. The summed E-state index contributed by atoms with van der Waals surface area (Å²) in [4.78, 5) is 15.0. The number of anilines is 1. The number of nitrogen functional groups attached to an aromatic ring is 1. The Morgan fingerprint density at radius 3 is 2.70 bits per heavy atom. The van der Waals surface area contributed by atoms with Crippen LogP contribution >= 0.6 is 23.2 Å². The zero-order chi connectivity index (χ0) is 15.3. The van der Waals surface area contributed by atoms with Crippen LogP contribution in [0.4, 0.5) is 10.1 Å². The molecule has 0 aliphatic carbocycles. The molecule has 0 aromatic carbocycles. The lowest BCUT2D eigenvalue weighted by Crippen LogP contribution is -2.27. The van der Waals surface area contributed by atoms with E-state index in [0.717, 1.165) is 12.8 Å². The van der Waals surface area contributed by atoms with Gasteiger partial charge >= 0.3 is 5.97 Å². The van der Waals surface area contributed by atoms with Crippen molar-refractivity contribution in [2.24, 2.45) is 0 Å². The summed E-state index contributed by atoms with van der Waals surface area (Å²) >= 11 is 11.4. The Hall–Kier alpha value is -1.27. The molecule has 0 saturated carbocycles. The predicted molar refractivity (Wildman–Crippen MR) is 74.6 cm³/mol. The second kappa shape index (κ2) is 7.50. The smallest absolute Gasteiger partial charge is 0.347 e. The van der Waals surface area contributed by atoms with E-state index < -0.39 is 18.0 Å². The molecule has 0 aliphatic heterocycles. The van der Waals surface area contributed by atoms with E-state index in [1.165, 1.54) is 6.92 Å². The summed E-state index contributed by atoms with van der Waals surface area (Å²) in [5, 5.41) is -0.537. The van der Waals surface area contributed by atoms with Crippen LogP contribution in [0.15, 0.2) is 0 Å². The molecule has 1 aromatic rings. The van der Waals surface area contributed by atoms with Crippen LogP contribution in [0.5, 0.6) is 5.88 Å². The molecular weight excluding hydrogens is 310 g/mol. The van der Waals surface area contributed by atoms with Gasteiger partial charge in [-0.15, -0.1) is 0 Å². The highest BCUT2D eigenvalue weighted by molar-refractivity contribution is 6.39. The van der Waals surface area contributed by atoms with Gasteiger partial charge in [-0.1, -0.05) is 36.5 Å². The number of ether oxygens (including phenoxy) is 2. The maximum atomic E-state index is 13.3. The molecule has 0 fully saturated rings. The van der Waals surface area contributed by atoms with E-state index in [4.69, 9.17) is 38.4 Å². The zero-order valence-corrected chi connectivity index (χ0v) is 12.6. The number of esters is 1. The van der Waals surface area contributed by atoms with Crippen molar-refractivity contribution >= 4 is 34.9 Å². The SMILES string of the molecule is CCCCOC(=O)[C@@H](C)Oc1nc(F)c(Cl)c(N)c1Cl. The van der Waals surface area contributed by atoms with Crippen molar-refractivity contribution in [3.05, 3.63) is 16.0 Å². The fraction of sp³-hybridized carbons (Fsp3) is 0.500. The molecular formula is C12H15Cl2FN2O3. The second-order valence-corrected chi connectivity index (χ2v) is 4.79. The van der Waals surface area contributed by atoms with Gasteiger partial charge in [0.1, 0.15) is 10.0 Å². The summed E-state index contributed by atoms with van der Waals surface area (Å²) in [6, 6.07) is 0. The van der Waals surface area contributed by atoms with Crippen LogP contribution in [0.25, 0.3) is 0 Å². The van der Waals surface area contributed by atoms with Crippen molar-refractivity contribution in [3.63, 3.8) is 0 Å². The molecule has 1 atom stereocenters. The predicted octanol–water partition coefficient (Wildman–Crippen LogP) is 3.22. The molecule has 2 N–H and O–H groups in total. The van der Waals surface area contributed by atoms with Gasteiger partial charge < -0.3 is 15.2 Å². The van der Waals surface area contributed by atoms with Crippen LogP contribution in [-0.4, -0.2) is 23.7 Å². The number of carbonyl (C=O) groups excluding carboxylic acids is 1. The van der Waals surface area contributed by atoms with E-state index in [2.05, 4.69) is 4.98 Å². The molecule has 0 unspecified atom stereocenters. The summed E-state index contributed by atoms with van der Waals surface area (Å²) in [5.74, 6) is -1.91. The number of nitrogens with zero attached hydrogens (tertiary/aromatic N) is 1. The van der Waals surface area contributed by atoms with Crippen molar-refractivity contribution in [2.45, 2.75) is 32.8 Å². The van der Waals surface area contributed by atoms with Crippen LogP contribution in [0.1, 0.15) is 26.7 Å². The quantitative estimate of drug-likeness (QED) is 0.494. The number of hydrogen-bond donors (Lipinski definition) is 1. The Kier molecular flexibility index (Phi) is 6.29. The van der Waals surface area contributed by atoms with Gasteiger partial charge in [-0.2, -0.15) is 9.37 Å². The van der Waals surface area contributed by atoms with Gasteiger partial charge in [0, 0.05) is 0 Å². The molecule has 1 aromatic heterocycles. The fourth-order valence-electron chi connectivity index (χ4n) is 1.24. The molecule has 0 bridgehead atoms. The first-order valence-corrected chi connectivity index (χ1v) is 6.77. The Morgan fingerprint density at radius 1 is 1.45 bits per heavy atom. The summed E-state index contributed by atoms with van der Waals surface area (Å²) in [5.41, 5.74) is 5.30. The topological polar surface area (TPSA) is 74.4 Å². The molecule has 20 heavy (non-hydrogen) atoms. The van der Waals surface area contributed by atoms with Crippen LogP contribution < -0.4 is 10.5 Å². The highest BCUT2D eigenvalue weighted by Gasteiger charge is 2.22. The van der Waals surface area contributed by atoms with Crippen LogP contribution in [0.3, 0.4) is 0 Å². The van der Waals surface area contributed by atoms with E-state index in [9.17, 15) is 9.18 Å². The normalized spacial score (nSPS) is 12.1. The zero-order valence-electron chi connectivity index (χ0n) is 11.1. The van der Waals surface area contributed by atoms with Crippen LogP contribution in [0, 0.1) is 5.95 Å². The third-order valence-electron chi connectivity index (χ3n) is 2.40. The maximum absolute atomic E-state index is 13.3. The standard InChI is InChI=1S/C12H15Cl2FN2O3/c1-3-4-5-19-12(18)6(2)20-11-8(14)9(16)7(13)10(15)17-11/h6H,3-5H2,1-2H3,(H2,16,17)/t6-/m1/s1. The van der Waals surface area contributed by atoms with Gasteiger partial charge in [0.25, 0.3) is 0 Å². The summed E-state index contributed by atoms with van der Waals surface area (Å²) in [7, 11) is 0. The Morgan fingerprint density at radius 2 is 2.10 bits per heavy atom. The highest BCUT2D eigenvalue weighted by Crippen LogP contribution is 2.35. The Bertz CT molecular complexity index is 500. The second-order valence-electron chi connectivity index (χ2n) is 4.03. The molecule has 0 radical (unpaired) electrons. The number of rotatable bonds is 6. The first kappa shape index (κ1) is 16.8. The highest BCUT2D eigenvalue weighted by atomic mass is 35.5. The van der Waals surface area contributed by atoms with Crippen molar-refractivity contribution < 1.29 is 18.7 Å².